The number of ether oxygens (including phenoxy) is 1. The molecule has 1 heterocycles. The van der Waals surface area contributed by atoms with E-state index in [-0.39, 0.29) is 25.0 Å². The van der Waals surface area contributed by atoms with Gasteiger partial charge in [0.15, 0.2) is 0 Å². The van der Waals surface area contributed by atoms with Gasteiger partial charge in [-0.25, -0.2) is 0 Å². The Morgan fingerprint density at radius 1 is 1.39 bits per heavy atom. The minimum absolute atomic E-state index is 0.0288. The monoisotopic (exact) mass is 319 g/mol. The Morgan fingerprint density at radius 3 is 2.78 bits per heavy atom. The molecule has 1 N–H and O–H groups in total. The first-order chi connectivity index (χ1) is 10.8. The minimum atomic E-state index is -0.837. The molecular weight excluding hydrogens is 294 g/mol. The van der Waals surface area contributed by atoms with Crippen molar-refractivity contribution in [2.75, 3.05) is 13.1 Å². The average Bonchev–Trinajstić information content (AvgIpc) is 2.46. The molecule has 2 rings (SSSR count). The summed E-state index contributed by atoms with van der Waals surface area (Å²) in [7, 11) is 0. The fourth-order valence-electron chi connectivity index (χ4n) is 2.91. The van der Waals surface area contributed by atoms with Gasteiger partial charge in [-0.3, -0.25) is 9.59 Å². The molecule has 1 aliphatic rings. The molecule has 0 aliphatic carbocycles. The molecule has 1 aromatic carbocycles. The van der Waals surface area contributed by atoms with Crippen LogP contribution in [0, 0.1) is 5.41 Å². The summed E-state index contributed by atoms with van der Waals surface area (Å²) in [6.45, 7) is 6.54. The summed E-state index contributed by atoms with van der Waals surface area (Å²) in [4.78, 5) is 25.6. The SMILES string of the molecule is CC(C)Oc1cccc(CC(=O)N2CCCC(C)(C(=O)O)C2)c1. The predicted molar refractivity (Wildman–Crippen MR) is 87.5 cm³/mol. The van der Waals surface area contributed by atoms with Gasteiger partial charge in [0, 0.05) is 13.1 Å². The van der Waals surface area contributed by atoms with E-state index in [4.69, 9.17) is 4.74 Å². The van der Waals surface area contributed by atoms with Gasteiger partial charge in [-0.2, -0.15) is 0 Å². The molecule has 1 amide bonds. The second kappa shape index (κ2) is 7.02. The van der Waals surface area contributed by atoms with Gasteiger partial charge in [-0.1, -0.05) is 12.1 Å². The summed E-state index contributed by atoms with van der Waals surface area (Å²) in [6, 6.07) is 7.51. The molecule has 5 heteroatoms. The third-order valence-corrected chi connectivity index (χ3v) is 4.19. The highest BCUT2D eigenvalue weighted by atomic mass is 16.5. The smallest absolute Gasteiger partial charge is 0.311 e. The quantitative estimate of drug-likeness (QED) is 0.906. The molecule has 5 nitrogen and oxygen atoms in total. The van der Waals surface area contributed by atoms with Crippen LogP contribution in [0.4, 0.5) is 0 Å². The topological polar surface area (TPSA) is 66.8 Å². The van der Waals surface area contributed by atoms with Crippen molar-refractivity contribution in [2.45, 2.75) is 46.1 Å². The fourth-order valence-corrected chi connectivity index (χ4v) is 2.91. The summed E-state index contributed by atoms with van der Waals surface area (Å²) in [5.74, 6) is -0.111. The summed E-state index contributed by atoms with van der Waals surface area (Å²) in [5.41, 5.74) is 0.0482. The molecule has 1 fully saturated rings. The lowest BCUT2D eigenvalue weighted by molar-refractivity contribution is -0.153. The first kappa shape index (κ1) is 17.3. The van der Waals surface area contributed by atoms with E-state index in [1.165, 1.54) is 0 Å². The number of aliphatic carboxylic acids is 1. The second-order valence-corrected chi connectivity index (χ2v) is 6.78. The van der Waals surface area contributed by atoms with Crippen LogP contribution in [0.1, 0.15) is 39.2 Å². The van der Waals surface area contributed by atoms with Crippen molar-refractivity contribution in [1.29, 1.82) is 0 Å². The van der Waals surface area contributed by atoms with Gasteiger partial charge in [0.2, 0.25) is 5.91 Å². The Hall–Kier alpha value is -2.04. The molecule has 1 aliphatic heterocycles. The van der Waals surface area contributed by atoms with Gasteiger partial charge in [-0.15, -0.1) is 0 Å². The largest absolute Gasteiger partial charge is 0.491 e. The Bertz CT molecular complexity index is 584. The highest BCUT2D eigenvalue weighted by molar-refractivity contribution is 5.81. The lowest BCUT2D eigenvalue weighted by Crippen LogP contribution is -2.48. The summed E-state index contributed by atoms with van der Waals surface area (Å²) in [5, 5.41) is 9.35. The average molecular weight is 319 g/mol. The van der Waals surface area contributed by atoms with Crippen LogP contribution in [0.2, 0.25) is 0 Å². The molecule has 0 aromatic heterocycles. The number of likely N-dealkylation sites (tertiary alicyclic amines) is 1. The van der Waals surface area contributed by atoms with Gasteiger partial charge in [0.1, 0.15) is 5.75 Å². The van der Waals surface area contributed by atoms with Crippen LogP contribution in [0.25, 0.3) is 0 Å². The van der Waals surface area contributed by atoms with Crippen molar-refractivity contribution >= 4 is 11.9 Å². The molecule has 0 bridgehead atoms. The molecular formula is C18H25NO4. The van der Waals surface area contributed by atoms with Crippen molar-refractivity contribution < 1.29 is 19.4 Å². The molecule has 1 unspecified atom stereocenters. The van der Waals surface area contributed by atoms with Crippen LogP contribution in [-0.2, 0) is 16.0 Å². The minimum Gasteiger partial charge on any atom is -0.491 e. The Labute approximate surface area is 137 Å². The van der Waals surface area contributed by atoms with Crippen LogP contribution in [0.3, 0.4) is 0 Å². The summed E-state index contributed by atoms with van der Waals surface area (Å²) < 4.78 is 5.64. The number of carboxylic acids is 1. The van der Waals surface area contributed by atoms with Gasteiger partial charge in [-0.05, 0) is 51.3 Å². The van der Waals surface area contributed by atoms with Crippen molar-refractivity contribution in [3.63, 3.8) is 0 Å². The molecule has 1 aromatic rings. The normalized spacial score (nSPS) is 21.3. The summed E-state index contributed by atoms with van der Waals surface area (Å²) in [6.07, 6.45) is 1.69. The number of hydrogen-bond donors (Lipinski definition) is 1. The maximum absolute atomic E-state index is 12.5. The van der Waals surface area contributed by atoms with E-state index in [0.717, 1.165) is 17.7 Å². The molecule has 1 saturated heterocycles. The van der Waals surface area contributed by atoms with Crippen LogP contribution < -0.4 is 4.74 Å². The molecule has 0 saturated carbocycles. The van der Waals surface area contributed by atoms with Crippen molar-refractivity contribution in [1.82, 2.24) is 4.90 Å². The van der Waals surface area contributed by atoms with Crippen LogP contribution >= 0.6 is 0 Å². The number of carboxylic acid groups (broad SMARTS) is 1. The Balaban J connectivity index is 2.03. The lowest BCUT2D eigenvalue weighted by atomic mass is 9.82. The standard InChI is InChI=1S/C18H25NO4/c1-13(2)23-15-7-4-6-14(10-15)11-16(20)19-9-5-8-18(3,12-19)17(21)22/h4,6-7,10,13H,5,8-9,11-12H2,1-3H3,(H,21,22). The van der Waals surface area contributed by atoms with Gasteiger partial charge < -0.3 is 14.7 Å². The number of amides is 1. The van der Waals surface area contributed by atoms with E-state index in [9.17, 15) is 14.7 Å². The van der Waals surface area contributed by atoms with Gasteiger partial charge in [0.25, 0.3) is 0 Å². The van der Waals surface area contributed by atoms with E-state index in [1.54, 1.807) is 11.8 Å². The Kier molecular flexibility index (Phi) is 5.29. The first-order valence-electron chi connectivity index (χ1n) is 8.07. The highest BCUT2D eigenvalue weighted by Crippen LogP contribution is 2.30. The van der Waals surface area contributed by atoms with Crippen molar-refractivity contribution in [3.8, 4) is 5.75 Å². The predicted octanol–water partition coefficient (Wildman–Crippen LogP) is 2.73. The number of benzene rings is 1. The molecule has 0 spiro atoms. The van der Waals surface area contributed by atoms with Crippen LogP contribution in [-0.4, -0.2) is 41.1 Å². The zero-order valence-corrected chi connectivity index (χ0v) is 14.0. The number of carbonyl (C=O) groups excluding carboxylic acids is 1. The first-order valence-corrected chi connectivity index (χ1v) is 8.07. The molecule has 23 heavy (non-hydrogen) atoms. The number of rotatable bonds is 5. The van der Waals surface area contributed by atoms with Crippen molar-refractivity contribution in [2.24, 2.45) is 5.41 Å². The lowest BCUT2D eigenvalue weighted by Gasteiger charge is -2.37. The number of carbonyl (C=O) groups is 2. The molecule has 0 radical (unpaired) electrons. The number of hydrogen-bond acceptors (Lipinski definition) is 3. The van der Waals surface area contributed by atoms with E-state index >= 15 is 0 Å². The maximum Gasteiger partial charge on any atom is 0.311 e. The number of nitrogens with zero attached hydrogens (tertiary/aromatic N) is 1. The molecule has 1 atom stereocenters. The highest BCUT2D eigenvalue weighted by Gasteiger charge is 2.39. The third-order valence-electron chi connectivity index (χ3n) is 4.19. The third kappa shape index (κ3) is 4.47. The maximum atomic E-state index is 12.5. The van der Waals surface area contributed by atoms with Gasteiger partial charge >= 0.3 is 5.97 Å². The van der Waals surface area contributed by atoms with E-state index in [0.29, 0.717) is 13.0 Å². The zero-order chi connectivity index (χ0) is 17.0. The Morgan fingerprint density at radius 2 is 2.13 bits per heavy atom. The van der Waals surface area contributed by atoms with Gasteiger partial charge in [0.05, 0.1) is 17.9 Å². The molecule has 126 valence electrons. The fraction of sp³-hybridized carbons (Fsp3) is 0.556. The van der Waals surface area contributed by atoms with Crippen LogP contribution in [0.5, 0.6) is 5.75 Å². The van der Waals surface area contributed by atoms with Crippen LogP contribution in [0.15, 0.2) is 24.3 Å². The van der Waals surface area contributed by atoms with E-state index in [2.05, 4.69) is 0 Å². The van der Waals surface area contributed by atoms with E-state index in [1.807, 2.05) is 38.1 Å². The summed E-state index contributed by atoms with van der Waals surface area (Å²) >= 11 is 0. The van der Waals surface area contributed by atoms with Crippen molar-refractivity contribution in [3.05, 3.63) is 29.8 Å². The van der Waals surface area contributed by atoms with E-state index < -0.39 is 11.4 Å². The zero-order valence-electron chi connectivity index (χ0n) is 14.0. The second-order valence-electron chi connectivity index (χ2n) is 6.78. The number of piperidine rings is 1.